The van der Waals surface area contributed by atoms with Crippen molar-refractivity contribution in [2.45, 2.75) is 6.10 Å². The van der Waals surface area contributed by atoms with Gasteiger partial charge in [0.2, 0.25) is 0 Å². The molecule has 0 spiro atoms. The van der Waals surface area contributed by atoms with E-state index in [-0.39, 0.29) is 6.61 Å². The molecule has 0 fully saturated rings. The predicted octanol–water partition coefficient (Wildman–Crippen LogP) is 3.19. The third kappa shape index (κ3) is 5.15. The van der Waals surface area contributed by atoms with Gasteiger partial charge in [0.15, 0.2) is 0 Å². The quantitative estimate of drug-likeness (QED) is 0.573. The summed E-state index contributed by atoms with van der Waals surface area (Å²) in [5.74, 6) is 0.747. The van der Waals surface area contributed by atoms with Crippen LogP contribution in [0.15, 0.2) is 42.6 Å². The summed E-state index contributed by atoms with van der Waals surface area (Å²) >= 11 is 8.01. The molecule has 1 unspecified atom stereocenters. The lowest BCUT2D eigenvalue weighted by molar-refractivity contribution is 0.117. The van der Waals surface area contributed by atoms with Gasteiger partial charge >= 0.3 is 0 Å². The van der Waals surface area contributed by atoms with Gasteiger partial charge in [-0.3, -0.25) is 0 Å². The second-order valence-corrected chi connectivity index (χ2v) is 5.80. The molecule has 20 heavy (non-hydrogen) atoms. The predicted molar refractivity (Wildman–Crippen MR) is 88.4 cm³/mol. The smallest absolute Gasteiger partial charge is 0.131 e. The summed E-state index contributed by atoms with van der Waals surface area (Å²) in [5, 5.41) is 13.3. The second kappa shape index (κ2) is 7.66. The molecule has 6 heteroatoms. The number of aliphatic hydroxyl groups is 1. The zero-order valence-electron chi connectivity index (χ0n) is 10.6. The average Bonchev–Trinajstić information content (AvgIpc) is 2.45. The molecule has 2 N–H and O–H groups in total. The van der Waals surface area contributed by atoms with Crippen molar-refractivity contribution in [2.24, 2.45) is 0 Å². The summed E-state index contributed by atoms with van der Waals surface area (Å²) in [7, 11) is 0. The monoisotopic (exact) mass is 404 g/mol. The molecule has 0 saturated carbocycles. The fourth-order valence-electron chi connectivity index (χ4n) is 1.53. The van der Waals surface area contributed by atoms with Gasteiger partial charge in [0.1, 0.15) is 23.6 Å². The van der Waals surface area contributed by atoms with Crippen LogP contribution >= 0.6 is 34.2 Å². The standard InChI is InChI=1S/C14H14ClIN2O2/c15-14-7-11(5-6-17-14)18-8-12(19)9-20-13-3-1-10(16)2-4-13/h1-7,12,19H,8-9H2,(H,17,18). The van der Waals surface area contributed by atoms with Gasteiger partial charge in [-0.25, -0.2) is 4.98 Å². The highest BCUT2D eigenvalue weighted by Crippen LogP contribution is 2.14. The first-order valence-corrected chi connectivity index (χ1v) is 7.51. The zero-order chi connectivity index (χ0) is 14.4. The maximum Gasteiger partial charge on any atom is 0.131 e. The lowest BCUT2D eigenvalue weighted by Gasteiger charge is -2.14. The molecule has 1 atom stereocenters. The van der Waals surface area contributed by atoms with Crippen molar-refractivity contribution in [3.8, 4) is 5.75 Å². The normalized spacial score (nSPS) is 11.9. The van der Waals surface area contributed by atoms with Gasteiger partial charge in [-0.05, 0) is 59.0 Å². The number of nitrogens with one attached hydrogen (secondary N) is 1. The minimum Gasteiger partial charge on any atom is -0.491 e. The van der Waals surface area contributed by atoms with E-state index >= 15 is 0 Å². The summed E-state index contributed by atoms with van der Waals surface area (Å²) in [5.41, 5.74) is 0.818. The van der Waals surface area contributed by atoms with Crippen LogP contribution < -0.4 is 10.1 Å². The van der Waals surface area contributed by atoms with Crippen LogP contribution in [0.25, 0.3) is 0 Å². The highest BCUT2D eigenvalue weighted by Gasteiger charge is 2.05. The Morgan fingerprint density at radius 3 is 2.75 bits per heavy atom. The largest absolute Gasteiger partial charge is 0.491 e. The van der Waals surface area contributed by atoms with Crippen LogP contribution in [0.1, 0.15) is 0 Å². The molecular weight excluding hydrogens is 391 g/mol. The van der Waals surface area contributed by atoms with E-state index in [1.165, 1.54) is 0 Å². The molecular formula is C14H14ClIN2O2. The van der Waals surface area contributed by atoms with Crippen molar-refractivity contribution in [1.29, 1.82) is 0 Å². The zero-order valence-corrected chi connectivity index (χ0v) is 13.5. The molecule has 0 radical (unpaired) electrons. The Bertz CT molecular complexity index is 551. The molecule has 0 aliphatic rings. The van der Waals surface area contributed by atoms with E-state index < -0.39 is 6.10 Å². The summed E-state index contributed by atoms with van der Waals surface area (Å²) in [6.45, 7) is 0.608. The first-order chi connectivity index (χ1) is 9.63. The van der Waals surface area contributed by atoms with Crippen LogP contribution in [0.3, 0.4) is 0 Å². The van der Waals surface area contributed by atoms with Gasteiger partial charge in [-0.1, -0.05) is 11.6 Å². The van der Waals surface area contributed by atoms with Crippen LogP contribution in [0.4, 0.5) is 5.69 Å². The second-order valence-electron chi connectivity index (χ2n) is 4.17. The number of aliphatic hydroxyl groups excluding tert-OH is 1. The Labute approximate surface area is 136 Å². The molecule has 1 aromatic carbocycles. The fraction of sp³-hybridized carbons (Fsp3) is 0.214. The van der Waals surface area contributed by atoms with Crippen LogP contribution in [0, 0.1) is 3.57 Å². The van der Waals surface area contributed by atoms with E-state index in [1.54, 1.807) is 18.3 Å². The SMILES string of the molecule is OC(CNc1ccnc(Cl)c1)COc1ccc(I)cc1. The number of rotatable bonds is 6. The lowest BCUT2D eigenvalue weighted by atomic mass is 10.3. The number of hydrogen-bond acceptors (Lipinski definition) is 4. The van der Waals surface area contributed by atoms with Crippen LogP contribution in [-0.4, -0.2) is 29.3 Å². The highest BCUT2D eigenvalue weighted by atomic mass is 127. The summed E-state index contributed by atoms with van der Waals surface area (Å²) < 4.78 is 6.65. The Morgan fingerprint density at radius 1 is 1.30 bits per heavy atom. The summed E-state index contributed by atoms with van der Waals surface area (Å²) in [6.07, 6.45) is 1.00. The van der Waals surface area contributed by atoms with Crippen molar-refractivity contribution in [2.75, 3.05) is 18.5 Å². The third-order valence-electron chi connectivity index (χ3n) is 2.52. The Hall–Kier alpha value is -1.05. The van der Waals surface area contributed by atoms with Crippen molar-refractivity contribution >= 4 is 39.9 Å². The van der Waals surface area contributed by atoms with E-state index in [4.69, 9.17) is 16.3 Å². The van der Waals surface area contributed by atoms with E-state index in [0.29, 0.717) is 11.7 Å². The maximum atomic E-state index is 9.86. The molecule has 1 heterocycles. The van der Waals surface area contributed by atoms with E-state index in [1.807, 2.05) is 24.3 Å². The molecule has 4 nitrogen and oxygen atoms in total. The van der Waals surface area contributed by atoms with Gasteiger partial charge in [-0.15, -0.1) is 0 Å². The van der Waals surface area contributed by atoms with E-state index in [2.05, 4.69) is 32.9 Å². The number of halogens is 2. The number of ether oxygens (including phenoxy) is 1. The first kappa shape index (κ1) is 15.3. The Balaban J connectivity index is 1.75. The van der Waals surface area contributed by atoms with Gasteiger partial charge < -0.3 is 15.2 Å². The minimum absolute atomic E-state index is 0.229. The van der Waals surface area contributed by atoms with Crippen LogP contribution in [0.2, 0.25) is 5.15 Å². The van der Waals surface area contributed by atoms with Crippen molar-refractivity contribution in [3.63, 3.8) is 0 Å². The summed E-state index contributed by atoms with van der Waals surface area (Å²) in [4.78, 5) is 3.89. The molecule has 0 amide bonds. The molecule has 1 aromatic heterocycles. The topological polar surface area (TPSA) is 54.4 Å². The Kier molecular flexibility index (Phi) is 5.87. The van der Waals surface area contributed by atoms with Gasteiger partial charge in [0, 0.05) is 22.0 Å². The van der Waals surface area contributed by atoms with Crippen molar-refractivity contribution < 1.29 is 9.84 Å². The van der Waals surface area contributed by atoms with Gasteiger partial charge in [0.25, 0.3) is 0 Å². The molecule has 0 saturated heterocycles. The Morgan fingerprint density at radius 2 is 2.05 bits per heavy atom. The highest BCUT2D eigenvalue weighted by molar-refractivity contribution is 14.1. The fourth-order valence-corrected chi connectivity index (χ4v) is 2.06. The number of aromatic nitrogens is 1. The lowest BCUT2D eigenvalue weighted by Crippen LogP contribution is -2.26. The number of pyridine rings is 1. The molecule has 0 bridgehead atoms. The molecule has 2 aromatic rings. The maximum absolute atomic E-state index is 9.86. The summed E-state index contributed by atoms with van der Waals surface area (Å²) in [6, 6.07) is 11.2. The molecule has 0 aliphatic carbocycles. The molecule has 2 rings (SSSR count). The molecule has 0 aliphatic heterocycles. The van der Waals surface area contributed by atoms with E-state index in [9.17, 15) is 5.11 Å². The third-order valence-corrected chi connectivity index (χ3v) is 3.45. The van der Waals surface area contributed by atoms with E-state index in [0.717, 1.165) is 15.0 Å². The van der Waals surface area contributed by atoms with Crippen LogP contribution in [0.5, 0.6) is 5.75 Å². The van der Waals surface area contributed by atoms with Gasteiger partial charge in [-0.2, -0.15) is 0 Å². The first-order valence-electron chi connectivity index (χ1n) is 6.05. The van der Waals surface area contributed by atoms with Crippen molar-refractivity contribution in [3.05, 3.63) is 51.3 Å². The minimum atomic E-state index is -0.610. The molecule has 106 valence electrons. The van der Waals surface area contributed by atoms with Crippen LogP contribution in [-0.2, 0) is 0 Å². The van der Waals surface area contributed by atoms with Gasteiger partial charge in [0.05, 0.1) is 0 Å². The average molecular weight is 405 g/mol. The number of benzene rings is 1. The number of hydrogen-bond donors (Lipinski definition) is 2. The number of nitrogens with zero attached hydrogens (tertiary/aromatic N) is 1. The number of anilines is 1. The van der Waals surface area contributed by atoms with Crippen molar-refractivity contribution in [1.82, 2.24) is 4.98 Å².